The average Bonchev–Trinajstić information content (AvgIpc) is 3.01. The largest absolute Gasteiger partial charge is 0.472 e. The first kappa shape index (κ1) is 22.7. The van der Waals surface area contributed by atoms with Crippen LogP contribution in [0.5, 0.6) is 5.88 Å². The van der Waals surface area contributed by atoms with Gasteiger partial charge in [0.1, 0.15) is 6.61 Å². The second-order valence-corrected chi connectivity index (χ2v) is 9.89. The van der Waals surface area contributed by atoms with Gasteiger partial charge < -0.3 is 9.64 Å². The summed E-state index contributed by atoms with van der Waals surface area (Å²) in [6.07, 6.45) is 0. The lowest BCUT2D eigenvalue weighted by molar-refractivity contribution is 0.297. The van der Waals surface area contributed by atoms with Crippen molar-refractivity contribution >= 4 is 51.2 Å². The fourth-order valence-electron chi connectivity index (χ4n) is 3.95. The van der Waals surface area contributed by atoms with Crippen molar-refractivity contribution in [2.45, 2.75) is 23.2 Å². The van der Waals surface area contributed by atoms with Crippen LogP contribution in [0, 0.1) is 0 Å². The maximum absolute atomic E-state index is 12.7. The van der Waals surface area contributed by atoms with Gasteiger partial charge >= 0.3 is 0 Å². The van der Waals surface area contributed by atoms with E-state index >= 15 is 0 Å². The van der Waals surface area contributed by atoms with Crippen LogP contribution in [0.25, 0.3) is 10.9 Å². The molecule has 162 valence electrons. The number of rotatable bonds is 5. The van der Waals surface area contributed by atoms with Crippen molar-refractivity contribution in [2.75, 3.05) is 17.2 Å². The summed E-state index contributed by atoms with van der Waals surface area (Å²) in [5.41, 5.74) is 3.24. The van der Waals surface area contributed by atoms with Gasteiger partial charge in [0.2, 0.25) is 11.8 Å². The molecule has 3 aromatic carbocycles. The van der Waals surface area contributed by atoms with Crippen molar-refractivity contribution in [3.63, 3.8) is 0 Å². The number of anilines is 1. The standard InChI is InChI=1S/C25H20B3N3O2S/c26-25(27,28)19-10-11-21-20(14-19)23(33-16-17-6-2-1-3-7-17)30-24(29-21)31-12-13-34(32)22-9-5-4-8-18(22)15-31/h1-11,14H,12-13,15-16H2. The summed E-state index contributed by atoms with van der Waals surface area (Å²) in [6.45, 7) is 1.45. The van der Waals surface area contributed by atoms with Gasteiger partial charge in [-0.05, 0) is 29.3 Å². The van der Waals surface area contributed by atoms with Crippen molar-refractivity contribution in [2.24, 2.45) is 0 Å². The highest BCUT2D eigenvalue weighted by atomic mass is 32.2. The molecule has 1 atom stereocenters. The Morgan fingerprint density at radius 3 is 2.53 bits per heavy atom. The van der Waals surface area contributed by atoms with Gasteiger partial charge in [-0.2, -0.15) is 4.98 Å². The van der Waals surface area contributed by atoms with Gasteiger partial charge in [0.05, 0.1) is 45.2 Å². The molecule has 1 unspecified atom stereocenters. The maximum atomic E-state index is 12.7. The van der Waals surface area contributed by atoms with E-state index in [4.69, 9.17) is 38.2 Å². The Labute approximate surface area is 205 Å². The minimum absolute atomic E-state index is 0.336. The molecule has 0 amide bonds. The van der Waals surface area contributed by atoms with E-state index in [1.165, 1.54) is 0 Å². The summed E-state index contributed by atoms with van der Waals surface area (Å²) in [4.78, 5) is 12.5. The highest BCUT2D eigenvalue weighted by Gasteiger charge is 2.23. The zero-order valence-corrected chi connectivity index (χ0v) is 19.4. The number of hydrogen-bond donors (Lipinski definition) is 0. The molecule has 0 saturated heterocycles. The van der Waals surface area contributed by atoms with Crippen molar-refractivity contribution in [1.29, 1.82) is 0 Å². The zero-order chi connectivity index (χ0) is 23.7. The summed E-state index contributed by atoms with van der Waals surface area (Å²) < 4.78 is 18.9. The molecule has 0 saturated carbocycles. The summed E-state index contributed by atoms with van der Waals surface area (Å²) >= 11 is 0. The molecule has 34 heavy (non-hydrogen) atoms. The van der Waals surface area contributed by atoms with Crippen LogP contribution in [0.1, 0.15) is 16.7 Å². The molecular formula is C25H20B3N3O2S. The van der Waals surface area contributed by atoms with E-state index in [9.17, 15) is 4.21 Å². The molecule has 2 heterocycles. The predicted octanol–water partition coefficient (Wildman–Crippen LogP) is 2.95. The van der Waals surface area contributed by atoms with E-state index in [0.29, 0.717) is 53.7 Å². The van der Waals surface area contributed by atoms with E-state index in [0.717, 1.165) is 16.0 Å². The first-order valence-electron chi connectivity index (χ1n) is 11.0. The molecule has 0 aliphatic carbocycles. The number of ether oxygens (including phenoxy) is 1. The third-order valence-electron chi connectivity index (χ3n) is 5.78. The lowest BCUT2D eigenvalue weighted by Crippen LogP contribution is -2.27. The number of hydrogen-bond acceptors (Lipinski definition) is 5. The lowest BCUT2D eigenvalue weighted by Gasteiger charge is -2.23. The Bertz CT molecular complexity index is 1360. The normalized spacial score (nSPS) is 16.1. The van der Waals surface area contributed by atoms with Crippen molar-refractivity contribution < 1.29 is 8.95 Å². The molecule has 0 N–H and O–H groups in total. The van der Waals surface area contributed by atoms with Crippen molar-refractivity contribution in [3.8, 4) is 5.88 Å². The molecule has 9 heteroatoms. The zero-order valence-electron chi connectivity index (χ0n) is 18.6. The SMILES string of the molecule is [B]C([B])([B])c1ccc2nc(N3CCS(=O)c4ccccc4C3)nc(OCc3ccccc3)c2c1. The van der Waals surface area contributed by atoms with Crippen LogP contribution in [0.15, 0.2) is 77.7 Å². The fraction of sp³-hybridized carbons (Fsp3) is 0.200. The molecule has 5 rings (SSSR count). The molecular weight excluding hydrogens is 439 g/mol. The van der Waals surface area contributed by atoms with Crippen molar-refractivity contribution in [3.05, 3.63) is 89.5 Å². The van der Waals surface area contributed by atoms with E-state index in [2.05, 4.69) is 0 Å². The Morgan fingerprint density at radius 2 is 1.74 bits per heavy atom. The monoisotopic (exact) mass is 459 g/mol. The summed E-state index contributed by atoms with van der Waals surface area (Å²) in [5.74, 6) is 1.42. The van der Waals surface area contributed by atoms with Gasteiger partial charge in [0, 0.05) is 23.7 Å². The lowest BCUT2D eigenvalue weighted by atomic mass is 9.40. The summed E-state index contributed by atoms with van der Waals surface area (Å²) in [6, 6.07) is 23.0. The minimum atomic E-state index is -1.50. The number of benzene rings is 3. The van der Waals surface area contributed by atoms with Crippen LogP contribution in [-0.4, -0.2) is 50.0 Å². The molecule has 5 nitrogen and oxygen atoms in total. The first-order chi connectivity index (χ1) is 16.4. The smallest absolute Gasteiger partial charge is 0.229 e. The number of nitrogens with zero attached hydrogens (tertiary/aromatic N) is 3. The van der Waals surface area contributed by atoms with E-state index in [-0.39, 0.29) is 0 Å². The van der Waals surface area contributed by atoms with Gasteiger partial charge in [-0.3, -0.25) is 4.21 Å². The quantitative estimate of drug-likeness (QED) is 0.430. The molecule has 1 aliphatic rings. The van der Waals surface area contributed by atoms with Crippen LogP contribution in [0.3, 0.4) is 0 Å². The fourth-order valence-corrected chi connectivity index (χ4v) is 5.21. The average molecular weight is 459 g/mol. The highest BCUT2D eigenvalue weighted by molar-refractivity contribution is 7.85. The van der Waals surface area contributed by atoms with Crippen LogP contribution < -0.4 is 9.64 Å². The van der Waals surface area contributed by atoms with Gasteiger partial charge in [-0.25, -0.2) is 4.98 Å². The Hall–Kier alpha value is -3.06. The van der Waals surface area contributed by atoms with Gasteiger partial charge in [0.15, 0.2) is 0 Å². The third-order valence-corrected chi connectivity index (χ3v) is 7.22. The first-order valence-corrected chi connectivity index (χ1v) is 12.3. The molecule has 1 aliphatic heterocycles. The molecule has 1 aromatic heterocycles. The second-order valence-electron chi connectivity index (χ2n) is 8.35. The van der Waals surface area contributed by atoms with Gasteiger partial charge in [0.25, 0.3) is 0 Å². The van der Waals surface area contributed by atoms with Crippen LogP contribution in [0.2, 0.25) is 0 Å². The van der Waals surface area contributed by atoms with Crippen LogP contribution in [-0.2, 0) is 29.1 Å². The summed E-state index contributed by atoms with van der Waals surface area (Å²) in [5, 5.41) is -0.830. The second kappa shape index (κ2) is 9.30. The number of fused-ring (bicyclic) bond motifs is 2. The maximum Gasteiger partial charge on any atom is 0.229 e. The van der Waals surface area contributed by atoms with Gasteiger partial charge in [-0.1, -0.05) is 60.2 Å². The van der Waals surface area contributed by atoms with Crippen LogP contribution >= 0.6 is 0 Å². The Morgan fingerprint density at radius 1 is 0.971 bits per heavy atom. The number of aromatic nitrogens is 2. The molecule has 0 spiro atoms. The topological polar surface area (TPSA) is 55.3 Å². The highest BCUT2D eigenvalue weighted by Crippen LogP contribution is 2.31. The van der Waals surface area contributed by atoms with E-state index in [1.807, 2.05) is 65.6 Å². The van der Waals surface area contributed by atoms with E-state index in [1.54, 1.807) is 12.1 Å². The third kappa shape index (κ3) is 4.76. The van der Waals surface area contributed by atoms with E-state index < -0.39 is 15.9 Å². The molecule has 6 radical (unpaired) electrons. The Balaban J connectivity index is 1.56. The van der Waals surface area contributed by atoms with Gasteiger partial charge in [-0.15, -0.1) is 5.11 Å². The van der Waals surface area contributed by atoms with Crippen LogP contribution in [0.4, 0.5) is 5.95 Å². The Kier molecular flexibility index (Phi) is 6.21. The summed E-state index contributed by atoms with van der Waals surface area (Å²) in [7, 11) is 16.7. The molecule has 4 aromatic rings. The van der Waals surface area contributed by atoms with Crippen molar-refractivity contribution in [1.82, 2.24) is 9.97 Å². The molecule has 0 bridgehead atoms. The predicted molar refractivity (Wildman–Crippen MR) is 138 cm³/mol. The molecule has 0 fully saturated rings. The minimum Gasteiger partial charge on any atom is -0.472 e.